The average Bonchev–Trinajstić information content (AvgIpc) is 2.61. The van der Waals surface area contributed by atoms with Crippen molar-refractivity contribution in [3.8, 4) is 0 Å². The molecule has 0 radical (unpaired) electrons. The number of halogens is 3. The van der Waals surface area contributed by atoms with Gasteiger partial charge in [-0.2, -0.15) is 13.2 Å². The lowest BCUT2D eigenvalue weighted by molar-refractivity contribution is -0.137. The summed E-state index contributed by atoms with van der Waals surface area (Å²) < 4.78 is 39.5. The van der Waals surface area contributed by atoms with Gasteiger partial charge in [-0.3, -0.25) is 0 Å². The average molecular weight is 352 g/mol. The molecule has 0 bridgehead atoms. The highest BCUT2D eigenvalue weighted by atomic mass is 19.4. The minimum atomic E-state index is -4.44. The second-order valence-electron chi connectivity index (χ2n) is 6.22. The number of nitrogens with zero attached hydrogens (tertiary/aromatic N) is 2. The molecule has 25 heavy (non-hydrogen) atoms. The second kappa shape index (κ2) is 6.82. The van der Waals surface area contributed by atoms with Gasteiger partial charge in [0, 0.05) is 19.3 Å². The number of hydrogen-bond acceptors (Lipinski definition) is 3. The van der Waals surface area contributed by atoms with Crippen LogP contribution in [0, 0.1) is 0 Å². The van der Waals surface area contributed by atoms with Crippen molar-refractivity contribution in [2.24, 2.45) is 0 Å². The molecule has 134 valence electrons. The molecule has 1 saturated heterocycles. The minimum Gasteiger partial charge on any atom is -0.478 e. The number of allylic oxidation sites excluding steroid dienone is 2. The summed E-state index contributed by atoms with van der Waals surface area (Å²) in [6.07, 6.45) is 3.30. The normalized spacial score (nSPS) is 18.3. The molecule has 1 aromatic rings. The zero-order chi connectivity index (χ0) is 18.0. The summed E-state index contributed by atoms with van der Waals surface area (Å²) in [4.78, 5) is 14.9. The number of benzene rings is 1. The Hall–Kier alpha value is -2.44. The van der Waals surface area contributed by atoms with Gasteiger partial charge in [-0.25, -0.2) is 4.79 Å². The first-order valence-corrected chi connectivity index (χ1v) is 8.20. The third kappa shape index (κ3) is 3.81. The van der Waals surface area contributed by atoms with E-state index in [0.29, 0.717) is 11.4 Å². The molecular formula is C18H19F3N2O2. The van der Waals surface area contributed by atoms with Gasteiger partial charge in [-0.1, -0.05) is 0 Å². The zero-order valence-electron chi connectivity index (χ0n) is 13.6. The summed E-state index contributed by atoms with van der Waals surface area (Å²) in [5.74, 6) is -1.07. The highest BCUT2D eigenvalue weighted by molar-refractivity contribution is 5.89. The molecular weight excluding hydrogens is 333 g/mol. The fraction of sp³-hybridized carbons (Fsp3) is 0.389. The molecule has 4 nitrogen and oxygen atoms in total. The number of carboxylic acids is 1. The van der Waals surface area contributed by atoms with E-state index in [1.165, 1.54) is 12.1 Å². The maximum atomic E-state index is 13.2. The monoisotopic (exact) mass is 352 g/mol. The van der Waals surface area contributed by atoms with Crippen LogP contribution in [0.15, 0.2) is 42.1 Å². The van der Waals surface area contributed by atoms with Gasteiger partial charge in [0.05, 0.1) is 29.1 Å². The third-order valence-electron chi connectivity index (χ3n) is 4.49. The Morgan fingerprint density at radius 1 is 1.08 bits per heavy atom. The minimum absolute atomic E-state index is 0.0357. The molecule has 1 aromatic carbocycles. The molecule has 0 saturated carbocycles. The van der Waals surface area contributed by atoms with Gasteiger partial charge in [0.25, 0.3) is 0 Å². The predicted octanol–water partition coefficient (Wildman–Crippen LogP) is 4.04. The number of piperidine rings is 1. The Bertz CT molecular complexity index is 720. The maximum absolute atomic E-state index is 13.2. The molecule has 7 heteroatoms. The van der Waals surface area contributed by atoms with E-state index in [1.54, 1.807) is 17.2 Å². The van der Waals surface area contributed by atoms with Crippen LogP contribution in [0.3, 0.4) is 0 Å². The summed E-state index contributed by atoms with van der Waals surface area (Å²) in [6, 6.07) is 3.70. The lowest BCUT2D eigenvalue weighted by Gasteiger charge is -2.34. The van der Waals surface area contributed by atoms with E-state index in [2.05, 4.69) is 4.90 Å². The van der Waals surface area contributed by atoms with E-state index >= 15 is 0 Å². The summed E-state index contributed by atoms with van der Waals surface area (Å²) >= 11 is 0. The molecule has 2 heterocycles. The van der Waals surface area contributed by atoms with Crippen LogP contribution in [0.1, 0.15) is 24.8 Å². The third-order valence-corrected chi connectivity index (χ3v) is 4.49. The van der Waals surface area contributed by atoms with Gasteiger partial charge in [0.1, 0.15) is 0 Å². The molecule has 1 N–H and O–H groups in total. The SMILES string of the molecule is O=C(O)C1=CC=CN(c2cc(C(F)(F)F)ccc2N2CCCCC2)C1. The first-order chi connectivity index (χ1) is 11.9. The maximum Gasteiger partial charge on any atom is 0.416 e. The van der Waals surface area contributed by atoms with E-state index in [9.17, 15) is 23.1 Å². The van der Waals surface area contributed by atoms with Crippen molar-refractivity contribution in [2.45, 2.75) is 25.4 Å². The molecule has 0 aliphatic carbocycles. The summed E-state index contributed by atoms with van der Waals surface area (Å²) in [7, 11) is 0. The number of anilines is 2. The lowest BCUT2D eigenvalue weighted by Crippen LogP contribution is -2.32. The Morgan fingerprint density at radius 2 is 1.80 bits per heavy atom. The van der Waals surface area contributed by atoms with Gasteiger partial charge < -0.3 is 14.9 Å². The van der Waals surface area contributed by atoms with Crippen molar-refractivity contribution >= 4 is 17.3 Å². The first-order valence-electron chi connectivity index (χ1n) is 8.20. The van der Waals surface area contributed by atoms with Crippen molar-refractivity contribution in [3.63, 3.8) is 0 Å². The molecule has 1 fully saturated rings. The topological polar surface area (TPSA) is 43.8 Å². The fourth-order valence-electron chi connectivity index (χ4n) is 3.19. The Labute approximate surface area is 143 Å². The summed E-state index contributed by atoms with van der Waals surface area (Å²) in [5, 5.41) is 9.19. The Kier molecular flexibility index (Phi) is 4.74. The molecule has 0 amide bonds. The zero-order valence-corrected chi connectivity index (χ0v) is 13.6. The van der Waals surface area contributed by atoms with Crippen molar-refractivity contribution < 1.29 is 23.1 Å². The fourth-order valence-corrected chi connectivity index (χ4v) is 3.19. The summed E-state index contributed by atoms with van der Waals surface area (Å²) in [6.45, 7) is 1.61. The lowest BCUT2D eigenvalue weighted by atomic mass is 10.1. The van der Waals surface area contributed by atoms with E-state index in [1.807, 2.05) is 0 Å². The van der Waals surface area contributed by atoms with Gasteiger partial charge in [0.2, 0.25) is 0 Å². The predicted molar refractivity (Wildman–Crippen MR) is 89.7 cm³/mol. The number of carboxylic acid groups (broad SMARTS) is 1. The number of aliphatic carboxylic acids is 1. The van der Waals surface area contributed by atoms with Gasteiger partial charge in [0.15, 0.2) is 0 Å². The van der Waals surface area contributed by atoms with Crippen LogP contribution in [0.25, 0.3) is 0 Å². The smallest absolute Gasteiger partial charge is 0.416 e. The molecule has 0 atom stereocenters. The standard InChI is InChI=1S/C18H19F3N2O2/c19-18(20,21)14-6-7-15(22-8-2-1-3-9-22)16(11-14)23-10-4-5-13(12-23)17(24)25/h4-7,10-11H,1-3,8-9,12H2,(H,24,25). The van der Waals surface area contributed by atoms with Crippen LogP contribution in [0.4, 0.5) is 24.5 Å². The van der Waals surface area contributed by atoms with Crippen LogP contribution in [0.5, 0.6) is 0 Å². The molecule has 0 spiro atoms. The highest BCUT2D eigenvalue weighted by Gasteiger charge is 2.32. The van der Waals surface area contributed by atoms with Crippen LogP contribution >= 0.6 is 0 Å². The van der Waals surface area contributed by atoms with E-state index in [-0.39, 0.29) is 12.1 Å². The molecule has 0 aromatic heterocycles. The molecule has 0 unspecified atom stereocenters. The van der Waals surface area contributed by atoms with Crippen LogP contribution < -0.4 is 9.80 Å². The summed E-state index contributed by atoms with van der Waals surface area (Å²) in [5.41, 5.74) is 0.511. The highest BCUT2D eigenvalue weighted by Crippen LogP contribution is 2.38. The van der Waals surface area contributed by atoms with Gasteiger partial charge >= 0.3 is 12.1 Å². The van der Waals surface area contributed by atoms with Crippen LogP contribution in [-0.4, -0.2) is 30.7 Å². The number of alkyl halides is 3. The van der Waals surface area contributed by atoms with Gasteiger partial charge in [-0.05, 0) is 49.6 Å². The van der Waals surface area contributed by atoms with Crippen molar-refractivity contribution in [3.05, 3.63) is 47.7 Å². The van der Waals surface area contributed by atoms with E-state index in [0.717, 1.165) is 44.5 Å². The molecule has 2 aliphatic heterocycles. The van der Waals surface area contributed by atoms with Crippen molar-refractivity contribution in [1.29, 1.82) is 0 Å². The van der Waals surface area contributed by atoms with E-state index < -0.39 is 17.7 Å². The number of rotatable bonds is 3. The van der Waals surface area contributed by atoms with Crippen molar-refractivity contribution in [1.82, 2.24) is 0 Å². The van der Waals surface area contributed by atoms with E-state index in [4.69, 9.17) is 0 Å². The number of carbonyl (C=O) groups is 1. The largest absolute Gasteiger partial charge is 0.478 e. The quantitative estimate of drug-likeness (QED) is 0.892. The number of hydrogen-bond donors (Lipinski definition) is 1. The van der Waals surface area contributed by atoms with Gasteiger partial charge in [-0.15, -0.1) is 0 Å². The molecule has 3 rings (SSSR count). The Morgan fingerprint density at radius 3 is 2.44 bits per heavy atom. The Balaban J connectivity index is 2.00. The van der Waals surface area contributed by atoms with Crippen LogP contribution in [0.2, 0.25) is 0 Å². The first kappa shape index (κ1) is 17.4. The van der Waals surface area contributed by atoms with Crippen LogP contribution in [-0.2, 0) is 11.0 Å². The molecule has 2 aliphatic rings. The second-order valence-corrected chi connectivity index (χ2v) is 6.22. The van der Waals surface area contributed by atoms with Crippen molar-refractivity contribution in [2.75, 3.05) is 29.4 Å².